The summed E-state index contributed by atoms with van der Waals surface area (Å²) in [6, 6.07) is 0. The predicted molar refractivity (Wildman–Crippen MR) is 40.2 cm³/mol. The van der Waals surface area contributed by atoms with Crippen molar-refractivity contribution in [1.29, 1.82) is 0 Å². The molecule has 4 nitrogen and oxygen atoms in total. The van der Waals surface area contributed by atoms with Gasteiger partial charge in [-0.05, 0) is 0 Å². The van der Waals surface area contributed by atoms with Gasteiger partial charge in [-0.3, -0.25) is 4.99 Å². The summed E-state index contributed by atoms with van der Waals surface area (Å²) in [4.78, 5) is 3.94. The molecule has 4 heteroatoms. The van der Waals surface area contributed by atoms with Crippen molar-refractivity contribution < 1.29 is 0 Å². The fourth-order valence-corrected chi connectivity index (χ4v) is 0.928. The number of rotatable bonds is 0. The maximum absolute atomic E-state index is 5.48. The molecule has 0 atom stereocenters. The van der Waals surface area contributed by atoms with Crippen LogP contribution in [0.2, 0.25) is 0 Å². The molecular formula is C6H6N4. The third-order valence-electron chi connectivity index (χ3n) is 1.46. The van der Waals surface area contributed by atoms with Crippen molar-refractivity contribution in [1.82, 2.24) is 0 Å². The lowest BCUT2D eigenvalue weighted by atomic mass is 10.1. The summed E-state index contributed by atoms with van der Waals surface area (Å²) in [6.07, 6.45) is 4.22. The van der Waals surface area contributed by atoms with Crippen LogP contribution in [0.25, 0.3) is 0 Å². The number of nitrogens with zero attached hydrogens (tertiary/aromatic N) is 3. The van der Waals surface area contributed by atoms with E-state index in [9.17, 15) is 0 Å². The molecule has 0 unspecified atom stereocenters. The fraction of sp³-hybridized carbons (Fsp3) is 0.167. The van der Waals surface area contributed by atoms with Gasteiger partial charge < -0.3 is 5.73 Å². The van der Waals surface area contributed by atoms with Crippen molar-refractivity contribution >= 4 is 17.8 Å². The Bertz CT molecular complexity index is 282. The van der Waals surface area contributed by atoms with Crippen LogP contribution < -0.4 is 5.73 Å². The van der Waals surface area contributed by atoms with Crippen LogP contribution in [0.3, 0.4) is 0 Å². The quantitative estimate of drug-likeness (QED) is 0.500. The molecule has 0 saturated heterocycles. The van der Waals surface area contributed by atoms with Gasteiger partial charge in [-0.25, -0.2) is 0 Å². The number of fused-ring (bicyclic) bond motifs is 1. The van der Waals surface area contributed by atoms with E-state index in [1.54, 1.807) is 12.4 Å². The Balaban J connectivity index is 2.46. The maximum Gasteiger partial charge on any atom is 0.156 e. The first-order chi connectivity index (χ1) is 4.88. The number of amidine groups is 1. The van der Waals surface area contributed by atoms with E-state index in [4.69, 9.17) is 5.73 Å². The van der Waals surface area contributed by atoms with Gasteiger partial charge in [0.1, 0.15) is 0 Å². The summed E-state index contributed by atoms with van der Waals surface area (Å²) in [7, 11) is 0. The lowest BCUT2D eigenvalue weighted by Crippen LogP contribution is -2.18. The Morgan fingerprint density at radius 3 is 3.10 bits per heavy atom. The van der Waals surface area contributed by atoms with Crippen LogP contribution in [0.5, 0.6) is 0 Å². The topological polar surface area (TPSA) is 63.1 Å². The normalized spacial score (nSPS) is 21.4. The van der Waals surface area contributed by atoms with Crippen molar-refractivity contribution in [3.63, 3.8) is 0 Å². The van der Waals surface area contributed by atoms with Crippen molar-refractivity contribution in [2.75, 3.05) is 0 Å². The highest BCUT2D eigenvalue weighted by Crippen LogP contribution is 2.12. The zero-order valence-electron chi connectivity index (χ0n) is 5.28. The zero-order chi connectivity index (χ0) is 6.97. The summed E-state index contributed by atoms with van der Waals surface area (Å²) < 4.78 is 0. The molecular weight excluding hydrogens is 128 g/mol. The van der Waals surface area contributed by atoms with Crippen LogP contribution in [0.15, 0.2) is 27.0 Å². The summed E-state index contributed by atoms with van der Waals surface area (Å²) in [5.74, 6) is 0.479. The van der Waals surface area contributed by atoms with E-state index in [0.29, 0.717) is 5.84 Å². The van der Waals surface area contributed by atoms with Crippen LogP contribution in [0, 0.1) is 0 Å². The van der Waals surface area contributed by atoms with Gasteiger partial charge in [0, 0.05) is 18.8 Å². The largest absolute Gasteiger partial charge is 0.382 e. The summed E-state index contributed by atoms with van der Waals surface area (Å²) in [5.41, 5.74) is 7.28. The highest BCUT2D eigenvalue weighted by atomic mass is 15.3. The molecule has 50 valence electrons. The van der Waals surface area contributed by atoms with Gasteiger partial charge >= 0.3 is 0 Å². The monoisotopic (exact) mass is 134 g/mol. The first-order valence-corrected chi connectivity index (χ1v) is 3.00. The van der Waals surface area contributed by atoms with E-state index in [1.165, 1.54) is 0 Å². The Hall–Kier alpha value is -1.45. The van der Waals surface area contributed by atoms with Gasteiger partial charge in [-0.1, -0.05) is 0 Å². The molecule has 0 fully saturated rings. The van der Waals surface area contributed by atoms with Crippen molar-refractivity contribution in [2.45, 2.75) is 6.42 Å². The SMILES string of the molecule is NC1=NN=C2CC=NC=C12. The maximum atomic E-state index is 5.48. The number of hydrogen-bond donors (Lipinski definition) is 1. The smallest absolute Gasteiger partial charge is 0.156 e. The first kappa shape index (κ1) is 5.34. The van der Waals surface area contributed by atoms with Gasteiger partial charge in [0.05, 0.1) is 11.3 Å². The number of aliphatic imine (C=N–C) groups is 1. The minimum absolute atomic E-state index is 0.479. The molecule has 0 radical (unpaired) electrons. The fourth-order valence-electron chi connectivity index (χ4n) is 0.928. The minimum atomic E-state index is 0.479. The molecule has 0 aromatic rings. The Morgan fingerprint density at radius 2 is 2.30 bits per heavy atom. The molecule has 2 aliphatic rings. The van der Waals surface area contributed by atoms with Crippen LogP contribution in [0.1, 0.15) is 6.42 Å². The number of nitrogens with two attached hydrogens (primary N) is 1. The van der Waals surface area contributed by atoms with Crippen LogP contribution in [-0.4, -0.2) is 17.8 Å². The standard InChI is InChI=1S/C6H6N4/c7-6-4-3-8-2-1-5(4)9-10-6/h2-3H,1H2,(H2,7,10). The molecule has 2 aliphatic heterocycles. The molecule has 0 aromatic carbocycles. The molecule has 0 amide bonds. The third-order valence-corrected chi connectivity index (χ3v) is 1.46. The van der Waals surface area contributed by atoms with Crippen LogP contribution in [0.4, 0.5) is 0 Å². The van der Waals surface area contributed by atoms with Gasteiger partial charge in [0.15, 0.2) is 5.84 Å². The van der Waals surface area contributed by atoms with Gasteiger partial charge in [0.25, 0.3) is 0 Å². The van der Waals surface area contributed by atoms with Gasteiger partial charge in [-0.2, -0.15) is 5.10 Å². The second-order valence-corrected chi connectivity index (χ2v) is 2.11. The highest BCUT2D eigenvalue weighted by molar-refractivity contribution is 6.28. The molecule has 0 bridgehead atoms. The summed E-state index contributed by atoms with van der Waals surface area (Å²) in [6.45, 7) is 0. The average Bonchev–Trinajstić information content (AvgIpc) is 2.34. The highest BCUT2D eigenvalue weighted by Gasteiger charge is 2.17. The summed E-state index contributed by atoms with van der Waals surface area (Å²) in [5, 5.41) is 7.57. The van der Waals surface area contributed by atoms with E-state index in [2.05, 4.69) is 15.2 Å². The lowest BCUT2D eigenvalue weighted by molar-refractivity contribution is 1.25. The van der Waals surface area contributed by atoms with Crippen molar-refractivity contribution in [3.05, 3.63) is 11.8 Å². The molecule has 0 spiro atoms. The molecule has 0 saturated carbocycles. The van der Waals surface area contributed by atoms with Gasteiger partial charge in [-0.15, -0.1) is 5.10 Å². The summed E-state index contributed by atoms with van der Waals surface area (Å²) >= 11 is 0. The minimum Gasteiger partial charge on any atom is -0.382 e. The van der Waals surface area contributed by atoms with E-state index in [1.807, 2.05) is 0 Å². The molecule has 10 heavy (non-hydrogen) atoms. The van der Waals surface area contributed by atoms with E-state index in [-0.39, 0.29) is 0 Å². The van der Waals surface area contributed by atoms with E-state index in [0.717, 1.165) is 17.7 Å². The molecule has 2 rings (SSSR count). The second kappa shape index (κ2) is 1.76. The number of hydrogen-bond acceptors (Lipinski definition) is 4. The second-order valence-electron chi connectivity index (χ2n) is 2.11. The Kier molecular flexibility index (Phi) is 0.943. The van der Waals surface area contributed by atoms with Crippen molar-refractivity contribution in [2.24, 2.45) is 20.9 Å². The first-order valence-electron chi connectivity index (χ1n) is 3.00. The zero-order valence-corrected chi connectivity index (χ0v) is 5.28. The van der Waals surface area contributed by atoms with Crippen LogP contribution >= 0.6 is 0 Å². The third kappa shape index (κ3) is 0.586. The lowest BCUT2D eigenvalue weighted by Gasteiger charge is -2.01. The predicted octanol–water partition coefficient (Wildman–Crippen LogP) is 0.0716. The Morgan fingerprint density at radius 1 is 1.40 bits per heavy atom. The van der Waals surface area contributed by atoms with E-state index < -0.39 is 0 Å². The van der Waals surface area contributed by atoms with Crippen LogP contribution in [-0.2, 0) is 0 Å². The Labute approximate surface area is 57.9 Å². The molecule has 2 N–H and O–H groups in total. The molecule has 0 aliphatic carbocycles. The van der Waals surface area contributed by atoms with Crippen molar-refractivity contribution in [3.8, 4) is 0 Å². The van der Waals surface area contributed by atoms with E-state index >= 15 is 0 Å². The average molecular weight is 134 g/mol. The molecule has 0 aromatic heterocycles. The molecule has 2 heterocycles. The van der Waals surface area contributed by atoms with Gasteiger partial charge in [0.2, 0.25) is 0 Å².